The summed E-state index contributed by atoms with van der Waals surface area (Å²) < 4.78 is 12.3. The van der Waals surface area contributed by atoms with Crippen molar-refractivity contribution >= 4 is 10.9 Å². The van der Waals surface area contributed by atoms with Crippen molar-refractivity contribution in [1.82, 2.24) is 4.57 Å². The predicted molar refractivity (Wildman–Crippen MR) is 67.2 cm³/mol. The Kier molecular flexibility index (Phi) is 2.69. The lowest BCUT2D eigenvalue weighted by Crippen LogP contribution is -2.17. The summed E-state index contributed by atoms with van der Waals surface area (Å²) in [5.41, 5.74) is 0.224. The molecule has 1 aliphatic rings. The number of aliphatic hydroxyl groups is 2. The molecule has 2 N–H and O–H groups in total. The van der Waals surface area contributed by atoms with Gasteiger partial charge in [-0.1, -0.05) is 0 Å². The number of fused-ring (bicyclic) bond motifs is 2. The van der Waals surface area contributed by atoms with E-state index in [4.69, 9.17) is 9.47 Å². The van der Waals surface area contributed by atoms with Gasteiger partial charge in [-0.05, 0) is 13.0 Å². The maximum atomic E-state index is 12.2. The SMILES string of the molecule is CCn1cc(C(O)O)c(=O)c2cc3c(cc21)OCO3. The molecule has 0 atom stereocenters. The molecular formula is C13H13NO5. The first kappa shape index (κ1) is 12.0. The van der Waals surface area contributed by atoms with Crippen molar-refractivity contribution in [3.05, 3.63) is 34.1 Å². The quantitative estimate of drug-likeness (QED) is 0.781. The zero-order valence-corrected chi connectivity index (χ0v) is 10.3. The van der Waals surface area contributed by atoms with Crippen LogP contribution < -0.4 is 14.9 Å². The van der Waals surface area contributed by atoms with Crippen molar-refractivity contribution in [3.63, 3.8) is 0 Å². The summed E-state index contributed by atoms with van der Waals surface area (Å²) in [4.78, 5) is 12.2. The second kappa shape index (κ2) is 4.25. The van der Waals surface area contributed by atoms with E-state index in [-0.39, 0.29) is 12.4 Å². The van der Waals surface area contributed by atoms with E-state index in [1.165, 1.54) is 6.20 Å². The third kappa shape index (κ3) is 1.76. The van der Waals surface area contributed by atoms with Crippen LogP contribution in [0.4, 0.5) is 0 Å². The highest BCUT2D eigenvalue weighted by atomic mass is 16.7. The summed E-state index contributed by atoms with van der Waals surface area (Å²) in [5, 5.41) is 18.9. The molecule has 2 aromatic rings. The summed E-state index contributed by atoms with van der Waals surface area (Å²) >= 11 is 0. The number of benzene rings is 1. The molecule has 0 fully saturated rings. The van der Waals surface area contributed by atoms with E-state index in [1.807, 2.05) is 6.92 Å². The highest BCUT2D eigenvalue weighted by Crippen LogP contribution is 2.35. The van der Waals surface area contributed by atoms with E-state index in [9.17, 15) is 15.0 Å². The lowest BCUT2D eigenvalue weighted by molar-refractivity contribution is -0.0435. The van der Waals surface area contributed by atoms with Gasteiger partial charge in [-0.2, -0.15) is 0 Å². The molecule has 2 heterocycles. The molecule has 6 heteroatoms. The molecule has 3 rings (SSSR count). The highest BCUT2D eigenvalue weighted by molar-refractivity contribution is 5.84. The van der Waals surface area contributed by atoms with Gasteiger partial charge in [-0.25, -0.2) is 0 Å². The zero-order valence-electron chi connectivity index (χ0n) is 10.3. The number of rotatable bonds is 2. The van der Waals surface area contributed by atoms with Crippen LogP contribution in [0.5, 0.6) is 11.5 Å². The minimum absolute atomic E-state index is 0.0479. The van der Waals surface area contributed by atoms with Crippen LogP contribution in [0.3, 0.4) is 0 Å². The van der Waals surface area contributed by atoms with E-state index in [2.05, 4.69) is 0 Å². The van der Waals surface area contributed by atoms with Crippen LogP contribution >= 0.6 is 0 Å². The zero-order chi connectivity index (χ0) is 13.6. The second-order valence-electron chi connectivity index (χ2n) is 4.30. The Morgan fingerprint density at radius 2 is 2.00 bits per heavy atom. The van der Waals surface area contributed by atoms with Crippen LogP contribution in [0.25, 0.3) is 10.9 Å². The lowest BCUT2D eigenvalue weighted by atomic mass is 10.1. The van der Waals surface area contributed by atoms with Crippen molar-refractivity contribution in [2.24, 2.45) is 0 Å². The fraction of sp³-hybridized carbons (Fsp3) is 0.308. The van der Waals surface area contributed by atoms with Crippen molar-refractivity contribution < 1.29 is 19.7 Å². The predicted octanol–water partition coefficient (Wildman–Crippen LogP) is 0.733. The first-order chi connectivity index (χ1) is 9.11. The Morgan fingerprint density at radius 3 is 2.63 bits per heavy atom. The van der Waals surface area contributed by atoms with Crippen molar-refractivity contribution in [2.45, 2.75) is 19.8 Å². The molecule has 1 aromatic heterocycles. The molecule has 0 aliphatic carbocycles. The maximum Gasteiger partial charge on any atom is 0.231 e. The van der Waals surface area contributed by atoms with E-state index in [0.29, 0.717) is 28.9 Å². The Labute approximate surface area is 108 Å². The van der Waals surface area contributed by atoms with Gasteiger partial charge < -0.3 is 24.3 Å². The van der Waals surface area contributed by atoms with Gasteiger partial charge in [0.2, 0.25) is 6.79 Å². The monoisotopic (exact) mass is 263 g/mol. The van der Waals surface area contributed by atoms with Crippen LogP contribution in [0, 0.1) is 0 Å². The van der Waals surface area contributed by atoms with Gasteiger partial charge in [0.1, 0.15) is 0 Å². The first-order valence-corrected chi connectivity index (χ1v) is 5.94. The smallest absolute Gasteiger partial charge is 0.231 e. The van der Waals surface area contributed by atoms with Gasteiger partial charge in [-0.15, -0.1) is 0 Å². The van der Waals surface area contributed by atoms with Gasteiger partial charge in [-0.3, -0.25) is 4.79 Å². The average Bonchev–Trinajstić information content (AvgIpc) is 2.84. The summed E-state index contributed by atoms with van der Waals surface area (Å²) in [5.74, 6) is 1.09. The molecule has 0 amide bonds. The van der Waals surface area contributed by atoms with Gasteiger partial charge in [0.15, 0.2) is 23.2 Å². The van der Waals surface area contributed by atoms with Gasteiger partial charge in [0.05, 0.1) is 16.5 Å². The van der Waals surface area contributed by atoms with Crippen molar-refractivity contribution in [1.29, 1.82) is 0 Å². The molecule has 1 aromatic carbocycles. The van der Waals surface area contributed by atoms with E-state index >= 15 is 0 Å². The number of aromatic nitrogens is 1. The van der Waals surface area contributed by atoms with Crippen LogP contribution in [-0.4, -0.2) is 21.6 Å². The third-order valence-electron chi connectivity index (χ3n) is 3.22. The van der Waals surface area contributed by atoms with Gasteiger partial charge >= 0.3 is 0 Å². The summed E-state index contributed by atoms with van der Waals surface area (Å²) in [6, 6.07) is 3.31. The standard InChI is InChI=1S/C13H13NO5/c1-2-14-5-8(13(16)17)12(15)7-3-10-11(4-9(7)14)19-6-18-10/h3-5,13,16-17H,2,6H2,1H3. The molecular weight excluding hydrogens is 250 g/mol. The second-order valence-corrected chi connectivity index (χ2v) is 4.30. The first-order valence-electron chi connectivity index (χ1n) is 5.94. The number of hydrogen-bond acceptors (Lipinski definition) is 5. The fourth-order valence-electron chi connectivity index (χ4n) is 2.25. The number of aliphatic hydroxyl groups excluding tert-OH is 1. The van der Waals surface area contributed by atoms with Crippen LogP contribution in [0.2, 0.25) is 0 Å². The fourth-order valence-corrected chi connectivity index (χ4v) is 2.25. The normalized spacial score (nSPS) is 13.5. The Bertz CT molecular complexity index is 704. The average molecular weight is 263 g/mol. The molecule has 0 spiro atoms. The maximum absolute atomic E-state index is 12.2. The Hall–Kier alpha value is -2.05. The summed E-state index contributed by atoms with van der Waals surface area (Å²) in [7, 11) is 0. The molecule has 6 nitrogen and oxygen atoms in total. The molecule has 100 valence electrons. The minimum atomic E-state index is -1.79. The lowest BCUT2D eigenvalue weighted by Gasteiger charge is -2.13. The van der Waals surface area contributed by atoms with Gasteiger partial charge in [0, 0.05) is 18.8 Å². The van der Waals surface area contributed by atoms with Crippen LogP contribution in [-0.2, 0) is 6.54 Å². The molecule has 0 bridgehead atoms. The van der Waals surface area contributed by atoms with E-state index in [1.54, 1.807) is 16.7 Å². The number of hydrogen-bond donors (Lipinski definition) is 2. The van der Waals surface area contributed by atoms with Crippen molar-refractivity contribution in [3.8, 4) is 11.5 Å². The summed E-state index contributed by atoms with van der Waals surface area (Å²) in [6.45, 7) is 2.62. The Morgan fingerprint density at radius 1 is 1.32 bits per heavy atom. The molecule has 0 radical (unpaired) electrons. The highest BCUT2D eigenvalue weighted by Gasteiger charge is 2.19. The van der Waals surface area contributed by atoms with E-state index < -0.39 is 11.7 Å². The third-order valence-corrected chi connectivity index (χ3v) is 3.22. The van der Waals surface area contributed by atoms with Crippen LogP contribution in [0.1, 0.15) is 18.8 Å². The van der Waals surface area contributed by atoms with Crippen molar-refractivity contribution in [2.75, 3.05) is 6.79 Å². The number of aryl methyl sites for hydroxylation is 1. The number of ether oxygens (including phenoxy) is 2. The molecule has 1 aliphatic heterocycles. The Balaban J connectivity index is 2.40. The minimum Gasteiger partial charge on any atom is -0.454 e. The largest absolute Gasteiger partial charge is 0.454 e. The van der Waals surface area contributed by atoms with Crippen LogP contribution in [0.15, 0.2) is 23.1 Å². The molecule has 0 saturated carbocycles. The number of nitrogens with zero attached hydrogens (tertiary/aromatic N) is 1. The summed E-state index contributed by atoms with van der Waals surface area (Å²) in [6.07, 6.45) is -0.336. The molecule has 0 saturated heterocycles. The number of pyridine rings is 1. The topological polar surface area (TPSA) is 80.9 Å². The molecule has 0 unspecified atom stereocenters. The van der Waals surface area contributed by atoms with Gasteiger partial charge in [0.25, 0.3) is 0 Å². The van der Waals surface area contributed by atoms with E-state index in [0.717, 1.165) is 0 Å². The molecule has 19 heavy (non-hydrogen) atoms.